The SMILES string of the molecule is CCCCC1NC(C)N(CC2(SC)CCC2)C1=O. The minimum Gasteiger partial charge on any atom is -0.325 e. The normalized spacial score (nSPS) is 30.6. The second-order valence-electron chi connectivity index (χ2n) is 5.74. The van der Waals surface area contributed by atoms with E-state index in [2.05, 4.69) is 30.3 Å². The first-order valence-corrected chi connectivity index (χ1v) is 8.46. The monoisotopic (exact) mass is 270 g/mol. The molecular formula is C14H26N2OS. The van der Waals surface area contributed by atoms with Gasteiger partial charge in [-0.1, -0.05) is 26.2 Å². The van der Waals surface area contributed by atoms with Crippen LogP contribution < -0.4 is 5.32 Å². The van der Waals surface area contributed by atoms with E-state index in [1.54, 1.807) is 0 Å². The molecule has 0 radical (unpaired) electrons. The maximum atomic E-state index is 12.4. The van der Waals surface area contributed by atoms with Crippen LogP contribution >= 0.6 is 11.8 Å². The number of amides is 1. The number of carbonyl (C=O) groups is 1. The molecule has 0 aromatic rings. The summed E-state index contributed by atoms with van der Waals surface area (Å²) in [6.45, 7) is 5.23. The van der Waals surface area contributed by atoms with Crippen molar-refractivity contribution >= 4 is 17.7 Å². The van der Waals surface area contributed by atoms with E-state index in [1.807, 2.05) is 11.8 Å². The highest BCUT2D eigenvalue weighted by Crippen LogP contribution is 2.44. The third kappa shape index (κ3) is 2.69. The summed E-state index contributed by atoms with van der Waals surface area (Å²) in [4.78, 5) is 14.5. The summed E-state index contributed by atoms with van der Waals surface area (Å²) in [5.74, 6) is 0.330. The van der Waals surface area contributed by atoms with E-state index in [1.165, 1.54) is 19.3 Å². The van der Waals surface area contributed by atoms with Gasteiger partial charge < -0.3 is 4.90 Å². The zero-order valence-electron chi connectivity index (χ0n) is 11.9. The lowest BCUT2D eigenvalue weighted by Gasteiger charge is -2.43. The molecule has 2 unspecified atom stereocenters. The Bertz CT molecular complexity index is 299. The summed E-state index contributed by atoms with van der Waals surface area (Å²) in [5, 5.41) is 3.45. The molecule has 0 aromatic heterocycles. The van der Waals surface area contributed by atoms with Crippen molar-refractivity contribution in [3.8, 4) is 0 Å². The quantitative estimate of drug-likeness (QED) is 0.805. The molecule has 2 aliphatic rings. The van der Waals surface area contributed by atoms with Crippen LogP contribution in [0.5, 0.6) is 0 Å². The Morgan fingerprint density at radius 3 is 2.72 bits per heavy atom. The lowest BCUT2D eigenvalue weighted by Crippen LogP contribution is -2.49. The van der Waals surface area contributed by atoms with Crippen LogP contribution in [0.1, 0.15) is 52.4 Å². The van der Waals surface area contributed by atoms with Gasteiger partial charge in [-0.15, -0.1) is 0 Å². The third-order valence-electron chi connectivity index (χ3n) is 4.49. The molecule has 1 aliphatic carbocycles. The molecule has 4 heteroatoms. The molecule has 1 saturated carbocycles. The van der Waals surface area contributed by atoms with E-state index in [4.69, 9.17) is 0 Å². The van der Waals surface area contributed by atoms with Gasteiger partial charge in [-0.3, -0.25) is 10.1 Å². The van der Waals surface area contributed by atoms with E-state index in [0.29, 0.717) is 10.7 Å². The first-order valence-electron chi connectivity index (χ1n) is 7.23. The Hall–Kier alpha value is -0.220. The molecule has 1 amide bonds. The van der Waals surface area contributed by atoms with Gasteiger partial charge in [0.25, 0.3) is 0 Å². The van der Waals surface area contributed by atoms with E-state index in [9.17, 15) is 4.79 Å². The van der Waals surface area contributed by atoms with Crippen LogP contribution in [-0.2, 0) is 4.79 Å². The van der Waals surface area contributed by atoms with Crippen molar-refractivity contribution in [3.63, 3.8) is 0 Å². The first-order chi connectivity index (χ1) is 8.62. The maximum absolute atomic E-state index is 12.4. The first kappa shape index (κ1) is 14.2. The molecule has 1 saturated heterocycles. The van der Waals surface area contributed by atoms with Gasteiger partial charge in [0, 0.05) is 11.3 Å². The van der Waals surface area contributed by atoms with E-state index in [0.717, 1.165) is 25.8 Å². The molecule has 2 rings (SSSR count). The molecule has 0 aromatic carbocycles. The minimum absolute atomic E-state index is 0.0685. The van der Waals surface area contributed by atoms with Gasteiger partial charge in [0.2, 0.25) is 5.91 Å². The Kier molecular flexibility index (Phi) is 4.59. The molecule has 1 aliphatic heterocycles. The Morgan fingerprint density at radius 2 is 2.22 bits per heavy atom. The molecule has 18 heavy (non-hydrogen) atoms. The number of unbranched alkanes of at least 4 members (excludes halogenated alkanes) is 1. The number of nitrogens with one attached hydrogen (secondary N) is 1. The van der Waals surface area contributed by atoms with Crippen molar-refractivity contribution in [2.45, 2.75) is 69.3 Å². The number of nitrogens with zero attached hydrogens (tertiary/aromatic N) is 1. The van der Waals surface area contributed by atoms with Gasteiger partial charge in [0.1, 0.15) is 0 Å². The van der Waals surface area contributed by atoms with Crippen LogP contribution in [0, 0.1) is 0 Å². The highest BCUT2D eigenvalue weighted by atomic mass is 32.2. The molecule has 0 spiro atoms. The average Bonchev–Trinajstić information content (AvgIpc) is 2.57. The maximum Gasteiger partial charge on any atom is 0.241 e. The van der Waals surface area contributed by atoms with Crippen molar-refractivity contribution < 1.29 is 4.79 Å². The highest BCUT2D eigenvalue weighted by Gasteiger charge is 2.44. The summed E-state index contributed by atoms with van der Waals surface area (Å²) in [5.41, 5.74) is 0. The topological polar surface area (TPSA) is 32.3 Å². The summed E-state index contributed by atoms with van der Waals surface area (Å²) in [6.07, 6.45) is 9.54. The van der Waals surface area contributed by atoms with Crippen molar-refractivity contribution in [3.05, 3.63) is 0 Å². The van der Waals surface area contributed by atoms with Gasteiger partial charge in [0.05, 0.1) is 12.2 Å². The van der Waals surface area contributed by atoms with Gasteiger partial charge in [-0.05, 0) is 32.4 Å². The predicted octanol–water partition coefficient (Wildman–Crippen LogP) is 2.61. The number of rotatable bonds is 6. The largest absolute Gasteiger partial charge is 0.325 e. The standard InChI is InChI=1S/C14H26N2OS/c1-4-5-7-12-13(17)16(11(2)15-12)10-14(18-3)8-6-9-14/h11-12,15H,4-10H2,1-3H3. The zero-order valence-corrected chi connectivity index (χ0v) is 12.7. The number of thioether (sulfide) groups is 1. The average molecular weight is 270 g/mol. The molecule has 104 valence electrons. The summed E-state index contributed by atoms with van der Waals surface area (Å²) >= 11 is 1.95. The van der Waals surface area contributed by atoms with Crippen molar-refractivity contribution in [2.75, 3.05) is 12.8 Å². The smallest absolute Gasteiger partial charge is 0.241 e. The highest BCUT2D eigenvalue weighted by molar-refractivity contribution is 8.00. The fraction of sp³-hybridized carbons (Fsp3) is 0.929. The van der Waals surface area contributed by atoms with E-state index in [-0.39, 0.29) is 12.2 Å². The minimum atomic E-state index is 0.0685. The fourth-order valence-corrected chi connectivity index (χ4v) is 3.95. The lowest BCUT2D eigenvalue weighted by molar-refractivity contribution is -0.130. The van der Waals surface area contributed by atoms with E-state index < -0.39 is 0 Å². The Balaban J connectivity index is 1.94. The predicted molar refractivity (Wildman–Crippen MR) is 77.7 cm³/mol. The fourth-order valence-electron chi connectivity index (χ4n) is 2.98. The second kappa shape index (κ2) is 5.83. The third-order valence-corrected chi connectivity index (χ3v) is 5.90. The van der Waals surface area contributed by atoms with Crippen LogP contribution in [0.3, 0.4) is 0 Å². The zero-order chi connectivity index (χ0) is 13.2. The number of hydrogen-bond donors (Lipinski definition) is 1. The molecule has 1 N–H and O–H groups in total. The van der Waals surface area contributed by atoms with Gasteiger partial charge in [-0.2, -0.15) is 11.8 Å². The van der Waals surface area contributed by atoms with Crippen LogP contribution in [0.25, 0.3) is 0 Å². The summed E-state index contributed by atoms with van der Waals surface area (Å²) in [6, 6.07) is 0.0685. The number of hydrogen-bond acceptors (Lipinski definition) is 3. The van der Waals surface area contributed by atoms with Gasteiger partial charge in [-0.25, -0.2) is 0 Å². The lowest BCUT2D eigenvalue weighted by atomic mass is 9.83. The Morgan fingerprint density at radius 1 is 1.50 bits per heavy atom. The molecule has 2 fully saturated rings. The van der Waals surface area contributed by atoms with Gasteiger partial charge >= 0.3 is 0 Å². The second-order valence-corrected chi connectivity index (χ2v) is 7.02. The molecule has 3 nitrogen and oxygen atoms in total. The Labute approximate surface area is 115 Å². The summed E-state index contributed by atoms with van der Waals surface area (Å²) in [7, 11) is 0. The van der Waals surface area contributed by atoms with Crippen LogP contribution in [0.4, 0.5) is 0 Å². The van der Waals surface area contributed by atoms with Crippen LogP contribution in [-0.4, -0.2) is 40.6 Å². The van der Waals surface area contributed by atoms with Crippen LogP contribution in [0.2, 0.25) is 0 Å². The van der Waals surface area contributed by atoms with Crippen molar-refractivity contribution in [2.24, 2.45) is 0 Å². The van der Waals surface area contributed by atoms with Gasteiger partial charge in [0.15, 0.2) is 0 Å². The molecule has 1 heterocycles. The van der Waals surface area contributed by atoms with E-state index >= 15 is 0 Å². The summed E-state index contributed by atoms with van der Waals surface area (Å²) < 4.78 is 0.352. The number of carbonyl (C=O) groups excluding carboxylic acids is 1. The molecule has 2 atom stereocenters. The molecular weight excluding hydrogens is 244 g/mol. The van der Waals surface area contributed by atoms with Crippen molar-refractivity contribution in [1.82, 2.24) is 10.2 Å². The van der Waals surface area contributed by atoms with Crippen molar-refractivity contribution in [1.29, 1.82) is 0 Å². The molecule has 0 bridgehead atoms. The van der Waals surface area contributed by atoms with Crippen LogP contribution in [0.15, 0.2) is 0 Å².